The van der Waals surface area contributed by atoms with Crippen molar-refractivity contribution < 1.29 is 9.53 Å². The normalized spacial score (nSPS) is 18.8. The zero-order valence-electron chi connectivity index (χ0n) is 12.8. The van der Waals surface area contributed by atoms with Gasteiger partial charge in [0.2, 0.25) is 5.88 Å². The molecule has 0 aromatic carbocycles. The number of amides is 1. The van der Waals surface area contributed by atoms with Gasteiger partial charge in [-0.3, -0.25) is 4.79 Å². The lowest BCUT2D eigenvalue weighted by Gasteiger charge is -2.26. The van der Waals surface area contributed by atoms with Gasteiger partial charge in [0.15, 0.2) is 0 Å². The summed E-state index contributed by atoms with van der Waals surface area (Å²) in [4.78, 5) is 20.2. The SMILES string of the molecule is CC(CC1CN(C)C(=O)c2cccnc2O1)N(C)C.Cl.Cl. The second kappa shape index (κ2) is 8.41. The highest BCUT2D eigenvalue weighted by Gasteiger charge is 2.28. The van der Waals surface area contributed by atoms with Crippen LogP contribution in [0, 0.1) is 0 Å². The molecule has 0 saturated heterocycles. The molecule has 1 amide bonds. The van der Waals surface area contributed by atoms with Crippen LogP contribution in [0.5, 0.6) is 5.88 Å². The lowest BCUT2D eigenvalue weighted by atomic mass is 10.1. The predicted molar refractivity (Wildman–Crippen MR) is 87.9 cm³/mol. The molecule has 0 bridgehead atoms. The van der Waals surface area contributed by atoms with Gasteiger partial charge in [-0.2, -0.15) is 0 Å². The lowest BCUT2D eigenvalue weighted by molar-refractivity contribution is 0.0732. The van der Waals surface area contributed by atoms with Crippen molar-refractivity contribution >= 4 is 30.7 Å². The van der Waals surface area contributed by atoms with E-state index >= 15 is 0 Å². The molecule has 1 aliphatic heterocycles. The number of pyridine rings is 1. The molecule has 0 radical (unpaired) electrons. The molecule has 120 valence electrons. The number of carbonyl (C=O) groups is 1. The molecule has 2 unspecified atom stereocenters. The molecule has 2 heterocycles. The van der Waals surface area contributed by atoms with Gasteiger partial charge < -0.3 is 14.5 Å². The molecule has 2 rings (SSSR count). The number of likely N-dealkylation sites (N-methyl/N-ethyl adjacent to an activating group) is 1. The highest BCUT2D eigenvalue weighted by molar-refractivity contribution is 5.96. The van der Waals surface area contributed by atoms with Crippen molar-refractivity contribution in [2.24, 2.45) is 0 Å². The van der Waals surface area contributed by atoms with Crippen molar-refractivity contribution in [2.45, 2.75) is 25.5 Å². The standard InChI is InChI=1S/C14H21N3O2.2ClH/c1-10(16(2)3)8-11-9-17(4)14(18)12-6-5-7-15-13(12)19-11;;/h5-7,10-11H,8-9H2,1-4H3;2*1H. The first-order valence-electron chi connectivity index (χ1n) is 6.52. The first-order valence-corrected chi connectivity index (χ1v) is 6.52. The molecule has 5 nitrogen and oxygen atoms in total. The van der Waals surface area contributed by atoms with Crippen molar-refractivity contribution in [1.82, 2.24) is 14.8 Å². The van der Waals surface area contributed by atoms with Gasteiger partial charge in [-0.1, -0.05) is 0 Å². The minimum atomic E-state index is -0.0255. The second-order valence-electron chi connectivity index (χ2n) is 5.33. The van der Waals surface area contributed by atoms with E-state index in [1.54, 1.807) is 30.3 Å². The Bertz CT molecular complexity index is 471. The molecular formula is C14H23Cl2N3O2. The Morgan fingerprint density at radius 1 is 1.48 bits per heavy atom. The van der Waals surface area contributed by atoms with Crippen LogP contribution in [0.15, 0.2) is 18.3 Å². The third-order valence-electron chi connectivity index (χ3n) is 3.59. The fraction of sp³-hybridized carbons (Fsp3) is 0.571. The summed E-state index contributed by atoms with van der Waals surface area (Å²) in [5, 5.41) is 0. The maximum Gasteiger partial charge on any atom is 0.259 e. The molecule has 0 spiro atoms. The van der Waals surface area contributed by atoms with Crippen LogP contribution in [0.1, 0.15) is 23.7 Å². The number of fused-ring (bicyclic) bond motifs is 1. The number of halogens is 2. The largest absolute Gasteiger partial charge is 0.472 e. The Kier molecular flexibility index (Phi) is 8.00. The van der Waals surface area contributed by atoms with Gasteiger partial charge in [0.25, 0.3) is 5.91 Å². The zero-order chi connectivity index (χ0) is 14.0. The van der Waals surface area contributed by atoms with Crippen LogP contribution >= 0.6 is 24.8 Å². The van der Waals surface area contributed by atoms with Crippen molar-refractivity contribution in [3.63, 3.8) is 0 Å². The summed E-state index contributed by atoms with van der Waals surface area (Å²) in [7, 11) is 5.89. The summed E-state index contributed by atoms with van der Waals surface area (Å²) in [6.07, 6.45) is 2.49. The number of hydrogen-bond acceptors (Lipinski definition) is 4. The molecule has 2 atom stereocenters. The van der Waals surface area contributed by atoms with Gasteiger partial charge in [0, 0.05) is 25.7 Å². The molecule has 1 aromatic heterocycles. The summed E-state index contributed by atoms with van der Waals surface area (Å²) in [6, 6.07) is 3.91. The van der Waals surface area contributed by atoms with Gasteiger partial charge in [-0.15, -0.1) is 24.8 Å². The summed E-state index contributed by atoms with van der Waals surface area (Å²) in [5.74, 6) is 0.427. The third kappa shape index (κ3) is 4.73. The van der Waals surface area contributed by atoms with E-state index < -0.39 is 0 Å². The average Bonchev–Trinajstić information content (AvgIpc) is 2.48. The van der Waals surface area contributed by atoms with E-state index in [0.29, 0.717) is 24.0 Å². The van der Waals surface area contributed by atoms with Crippen molar-refractivity contribution in [1.29, 1.82) is 0 Å². The van der Waals surface area contributed by atoms with Crippen LogP contribution in [0.4, 0.5) is 0 Å². The zero-order valence-corrected chi connectivity index (χ0v) is 14.4. The van der Waals surface area contributed by atoms with Crippen LogP contribution in [0.2, 0.25) is 0 Å². The quantitative estimate of drug-likeness (QED) is 0.848. The number of nitrogens with zero attached hydrogens (tertiary/aromatic N) is 3. The predicted octanol–water partition coefficient (Wildman–Crippen LogP) is 2.10. The first kappa shape index (κ1) is 20.0. The molecule has 0 saturated carbocycles. The highest BCUT2D eigenvalue weighted by Crippen LogP contribution is 2.23. The molecule has 0 N–H and O–H groups in total. The number of hydrogen-bond donors (Lipinski definition) is 0. The minimum Gasteiger partial charge on any atom is -0.472 e. The maximum atomic E-state index is 12.2. The number of aromatic nitrogens is 1. The topological polar surface area (TPSA) is 45.7 Å². The lowest BCUT2D eigenvalue weighted by Crippen LogP contribution is -2.38. The summed E-state index contributed by atoms with van der Waals surface area (Å²) < 4.78 is 5.92. The van der Waals surface area contributed by atoms with Gasteiger partial charge in [0.05, 0.1) is 6.54 Å². The van der Waals surface area contributed by atoms with E-state index in [-0.39, 0.29) is 36.8 Å². The third-order valence-corrected chi connectivity index (χ3v) is 3.59. The maximum absolute atomic E-state index is 12.2. The van der Waals surface area contributed by atoms with Crippen LogP contribution in [0.25, 0.3) is 0 Å². The molecule has 1 aliphatic rings. The highest BCUT2D eigenvalue weighted by atomic mass is 35.5. The Morgan fingerprint density at radius 3 is 2.76 bits per heavy atom. The molecule has 0 aliphatic carbocycles. The van der Waals surface area contributed by atoms with Crippen LogP contribution in [0.3, 0.4) is 0 Å². The first-order chi connectivity index (χ1) is 8.99. The number of ether oxygens (including phenoxy) is 1. The fourth-order valence-electron chi connectivity index (χ4n) is 2.15. The summed E-state index contributed by atoms with van der Waals surface area (Å²) in [6.45, 7) is 2.74. The van der Waals surface area contributed by atoms with E-state index in [1.165, 1.54) is 0 Å². The van der Waals surface area contributed by atoms with E-state index in [1.807, 2.05) is 14.1 Å². The molecule has 1 aromatic rings. The Labute approximate surface area is 138 Å². The average molecular weight is 336 g/mol. The minimum absolute atomic E-state index is 0. The van der Waals surface area contributed by atoms with Gasteiger partial charge in [0.1, 0.15) is 11.7 Å². The monoisotopic (exact) mass is 335 g/mol. The Hall–Kier alpha value is -1.04. The van der Waals surface area contributed by atoms with Gasteiger partial charge in [-0.05, 0) is 33.2 Å². The smallest absolute Gasteiger partial charge is 0.259 e. The van der Waals surface area contributed by atoms with Crippen molar-refractivity contribution in [2.75, 3.05) is 27.7 Å². The summed E-state index contributed by atoms with van der Waals surface area (Å²) >= 11 is 0. The van der Waals surface area contributed by atoms with E-state index in [9.17, 15) is 4.79 Å². The van der Waals surface area contributed by atoms with E-state index in [2.05, 4.69) is 16.8 Å². The molecular weight excluding hydrogens is 313 g/mol. The number of carbonyl (C=O) groups excluding carboxylic acids is 1. The second-order valence-corrected chi connectivity index (χ2v) is 5.33. The Morgan fingerprint density at radius 2 is 2.14 bits per heavy atom. The van der Waals surface area contributed by atoms with Crippen molar-refractivity contribution in [3.8, 4) is 5.88 Å². The molecule has 21 heavy (non-hydrogen) atoms. The summed E-state index contributed by atoms with van der Waals surface area (Å²) in [5.41, 5.74) is 0.546. The van der Waals surface area contributed by atoms with Crippen LogP contribution < -0.4 is 4.74 Å². The Balaban J connectivity index is 0.00000200. The van der Waals surface area contributed by atoms with E-state index in [4.69, 9.17) is 4.74 Å². The van der Waals surface area contributed by atoms with Crippen molar-refractivity contribution in [3.05, 3.63) is 23.9 Å². The van der Waals surface area contributed by atoms with Crippen LogP contribution in [-0.4, -0.2) is 60.5 Å². The van der Waals surface area contributed by atoms with Gasteiger partial charge in [-0.25, -0.2) is 4.98 Å². The van der Waals surface area contributed by atoms with E-state index in [0.717, 1.165) is 6.42 Å². The fourth-order valence-corrected chi connectivity index (χ4v) is 2.15. The molecule has 7 heteroatoms. The van der Waals surface area contributed by atoms with Crippen LogP contribution in [-0.2, 0) is 0 Å². The number of rotatable bonds is 3. The van der Waals surface area contributed by atoms with Gasteiger partial charge >= 0.3 is 0 Å². The molecule has 0 fully saturated rings.